The molecule has 5 nitrogen and oxygen atoms in total. The second kappa shape index (κ2) is 7.98. The number of amides is 1. The molecule has 25 heavy (non-hydrogen) atoms. The zero-order valence-electron chi connectivity index (χ0n) is 13.9. The predicted molar refractivity (Wildman–Crippen MR) is 90.7 cm³/mol. The van der Waals surface area contributed by atoms with Crippen LogP contribution in [-0.4, -0.2) is 43.0 Å². The molecule has 2 N–H and O–H groups in total. The fourth-order valence-electron chi connectivity index (χ4n) is 2.11. The van der Waals surface area contributed by atoms with E-state index in [0.29, 0.717) is 12.4 Å². The van der Waals surface area contributed by atoms with Crippen molar-refractivity contribution in [3.05, 3.63) is 53.7 Å². The molecular formula is C17H19F3N4O. The zero-order valence-corrected chi connectivity index (χ0v) is 13.9. The van der Waals surface area contributed by atoms with E-state index in [2.05, 4.69) is 15.6 Å². The third kappa shape index (κ3) is 5.46. The summed E-state index contributed by atoms with van der Waals surface area (Å²) in [6.07, 6.45) is -3.11. The average Bonchev–Trinajstić information content (AvgIpc) is 2.54. The topological polar surface area (TPSA) is 57.3 Å². The van der Waals surface area contributed by atoms with E-state index in [-0.39, 0.29) is 11.3 Å². The number of benzene rings is 1. The molecule has 1 aromatic carbocycles. The fourth-order valence-corrected chi connectivity index (χ4v) is 2.11. The Kier molecular flexibility index (Phi) is 5.97. The van der Waals surface area contributed by atoms with Gasteiger partial charge in [-0.05, 0) is 38.4 Å². The number of halogens is 3. The van der Waals surface area contributed by atoms with Gasteiger partial charge in [0, 0.05) is 24.8 Å². The van der Waals surface area contributed by atoms with Crippen molar-refractivity contribution in [3.63, 3.8) is 0 Å². The highest BCUT2D eigenvalue weighted by molar-refractivity contribution is 6.05. The Morgan fingerprint density at radius 3 is 2.60 bits per heavy atom. The van der Waals surface area contributed by atoms with Gasteiger partial charge in [0.15, 0.2) is 0 Å². The number of carbonyl (C=O) groups is 1. The summed E-state index contributed by atoms with van der Waals surface area (Å²) in [5.41, 5.74) is -0.944. The summed E-state index contributed by atoms with van der Waals surface area (Å²) in [6, 6.07) is 7.81. The van der Waals surface area contributed by atoms with Gasteiger partial charge in [0.05, 0.1) is 11.3 Å². The third-order valence-corrected chi connectivity index (χ3v) is 3.37. The number of likely N-dealkylation sites (N-methyl/N-ethyl adjacent to an activating group) is 1. The molecule has 2 rings (SSSR count). The maximum atomic E-state index is 13.0. The molecule has 134 valence electrons. The minimum absolute atomic E-state index is 0.222. The molecule has 0 spiro atoms. The Morgan fingerprint density at radius 2 is 1.92 bits per heavy atom. The number of nitrogens with zero attached hydrogens (tertiary/aromatic N) is 2. The van der Waals surface area contributed by atoms with Crippen molar-refractivity contribution in [1.29, 1.82) is 0 Å². The van der Waals surface area contributed by atoms with E-state index in [1.165, 1.54) is 36.5 Å². The van der Waals surface area contributed by atoms with Crippen LogP contribution in [0.1, 0.15) is 15.9 Å². The summed E-state index contributed by atoms with van der Waals surface area (Å²) in [5.74, 6) is -0.145. The standard InChI is InChI=1S/C17H19F3N4O/c1-24(2)10-9-22-15-11-12(7-8-21-15)16(25)23-14-6-4-3-5-13(14)17(18,19)20/h3-8,11H,9-10H2,1-2H3,(H,21,22)(H,23,25). The lowest BCUT2D eigenvalue weighted by molar-refractivity contribution is -0.136. The van der Waals surface area contributed by atoms with Crippen molar-refractivity contribution in [2.75, 3.05) is 37.8 Å². The lowest BCUT2D eigenvalue weighted by Crippen LogP contribution is -2.21. The van der Waals surface area contributed by atoms with Crippen LogP contribution in [0, 0.1) is 0 Å². The molecule has 2 aromatic rings. The van der Waals surface area contributed by atoms with Crippen LogP contribution in [0.3, 0.4) is 0 Å². The summed E-state index contributed by atoms with van der Waals surface area (Å²) < 4.78 is 39.0. The minimum atomic E-state index is -4.54. The van der Waals surface area contributed by atoms with E-state index in [1.807, 2.05) is 19.0 Å². The summed E-state index contributed by atoms with van der Waals surface area (Å²) in [6.45, 7) is 1.40. The van der Waals surface area contributed by atoms with Gasteiger partial charge in [0.2, 0.25) is 0 Å². The Bertz CT molecular complexity index is 732. The van der Waals surface area contributed by atoms with E-state index in [0.717, 1.165) is 12.6 Å². The number of pyridine rings is 1. The van der Waals surface area contributed by atoms with Crippen LogP contribution >= 0.6 is 0 Å². The predicted octanol–water partition coefficient (Wildman–Crippen LogP) is 3.33. The van der Waals surface area contributed by atoms with Gasteiger partial charge < -0.3 is 15.5 Å². The van der Waals surface area contributed by atoms with Gasteiger partial charge in [-0.3, -0.25) is 4.79 Å². The summed E-state index contributed by atoms with van der Waals surface area (Å²) in [4.78, 5) is 18.4. The van der Waals surface area contributed by atoms with Crippen molar-refractivity contribution in [2.24, 2.45) is 0 Å². The highest BCUT2D eigenvalue weighted by Gasteiger charge is 2.33. The van der Waals surface area contributed by atoms with Crippen LogP contribution in [-0.2, 0) is 6.18 Å². The molecular weight excluding hydrogens is 333 g/mol. The monoisotopic (exact) mass is 352 g/mol. The molecule has 1 aromatic heterocycles. The number of alkyl halides is 3. The molecule has 0 fully saturated rings. The molecule has 0 saturated heterocycles. The van der Waals surface area contributed by atoms with Crippen molar-refractivity contribution >= 4 is 17.4 Å². The fraction of sp³-hybridized carbons (Fsp3) is 0.294. The minimum Gasteiger partial charge on any atom is -0.369 e. The van der Waals surface area contributed by atoms with Crippen LogP contribution in [0.15, 0.2) is 42.6 Å². The molecule has 1 heterocycles. The quantitative estimate of drug-likeness (QED) is 0.837. The second-order valence-electron chi connectivity index (χ2n) is 5.66. The number of anilines is 2. The van der Waals surface area contributed by atoms with Crippen LogP contribution < -0.4 is 10.6 Å². The number of hydrogen-bond donors (Lipinski definition) is 2. The highest BCUT2D eigenvalue weighted by atomic mass is 19.4. The van der Waals surface area contributed by atoms with Gasteiger partial charge in [0.25, 0.3) is 5.91 Å². The van der Waals surface area contributed by atoms with Gasteiger partial charge in [-0.15, -0.1) is 0 Å². The molecule has 8 heteroatoms. The molecule has 0 radical (unpaired) electrons. The number of carbonyl (C=O) groups excluding carboxylic acids is 1. The Labute approximate surface area is 143 Å². The smallest absolute Gasteiger partial charge is 0.369 e. The first-order valence-electron chi connectivity index (χ1n) is 7.59. The van der Waals surface area contributed by atoms with Gasteiger partial charge in [-0.2, -0.15) is 13.2 Å². The number of rotatable bonds is 6. The van der Waals surface area contributed by atoms with Crippen LogP contribution in [0.4, 0.5) is 24.7 Å². The van der Waals surface area contributed by atoms with E-state index < -0.39 is 17.6 Å². The molecule has 0 unspecified atom stereocenters. The highest BCUT2D eigenvalue weighted by Crippen LogP contribution is 2.34. The molecule has 1 amide bonds. The van der Waals surface area contributed by atoms with Crippen molar-refractivity contribution in [2.45, 2.75) is 6.18 Å². The lowest BCUT2D eigenvalue weighted by Gasteiger charge is -2.14. The molecule has 0 atom stereocenters. The van der Waals surface area contributed by atoms with Gasteiger partial charge in [-0.25, -0.2) is 4.98 Å². The number of nitrogens with one attached hydrogen (secondary N) is 2. The van der Waals surface area contributed by atoms with Crippen molar-refractivity contribution in [3.8, 4) is 0 Å². The first kappa shape index (κ1) is 18.7. The van der Waals surface area contributed by atoms with Crippen LogP contribution in [0.25, 0.3) is 0 Å². The first-order chi connectivity index (χ1) is 11.8. The van der Waals surface area contributed by atoms with Crippen LogP contribution in [0.2, 0.25) is 0 Å². The molecule has 0 aliphatic rings. The number of hydrogen-bond acceptors (Lipinski definition) is 4. The van der Waals surface area contributed by atoms with Crippen LogP contribution in [0.5, 0.6) is 0 Å². The normalized spacial score (nSPS) is 11.4. The number of para-hydroxylation sites is 1. The Morgan fingerprint density at radius 1 is 1.20 bits per heavy atom. The third-order valence-electron chi connectivity index (χ3n) is 3.37. The van der Waals surface area contributed by atoms with Crippen molar-refractivity contribution < 1.29 is 18.0 Å². The summed E-state index contributed by atoms with van der Waals surface area (Å²) >= 11 is 0. The average molecular weight is 352 g/mol. The van der Waals surface area contributed by atoms with Gasteiger partial charge >= 0.3 is 6.18 Å². The van der Waals surface area contributed by atoms with E-state index in [9.17, 15) is 18.0 Å². The maximum Gasteiger partial charge on any atom is 0.418 e. The van der Waals surface area contributed by atoms with Crippen molar-refractivity contribution in [1.82, 2.24) is 9.88 Å². The SMILES string of the molecule is CN(C)CCNc1cc(C(=O)Nc2ccccc2C(F)(F)F)ccn1. The number of aromatic nitrogens is 1. The van der Waals surface area contributed by atoms with E-state index in [1.54, 1.807) is 0 Å². The second-order valence-corrected chi connectivity index (χ2v) is 5.66. The van der Waals surface area contributed by atoms with E-state index in [4.69, 9.17) is 0 Å². The largest absolute Gasteiger partial charge is 0.418 e. The Hall–Kier alpha value is -2.61. The van der Waals surface area contributed by atoms with Gasteiger partial charge in [-0.1, -0.05) is 12.1 Å². The molecule has 0 aliphatic heterocycles. The first-order valence-corrected chi connectivity index (χ1v) is 7.59. The Balaban J connectivity index is 2.12. The molecule has 0 saturated carbocycles. The summed E-state index contributed by atoms with van der Waals surface area (Å²) in [5, 5.41) is 5.37. The summed E-state index contributed by atoms with van der Waals surface area (Å²) in [7, 11) is 3.86. The zero-order chi connectivity index (χ0) is 18.4. The van der Waals surface area contributed by atoms with E-state index >= 15 is 0 Å². The molecule has 0 aliphatic carbocycles. The van der Waals surface area contributed by atoms with Gasteiger partial charge in [0.1, 0.15) is 5.82 Å². The maximum absolute atomic E-state index is 13.0. The molecule has 0 bridgehead atoms. The lowest BCUT2D eigenvalue weighted by atomic mass is 10.1.